The van der Waals surface area contributed by atoms with Crippen LogP contribution in [0.1, 0.15) is 69.4 Å². The molecule has 4 rings (SSSR count). The highest BCUT2D eigenvalue weighted by atomic mass is 19.3. The number of methoxy groups -OCH3 is 1. The van der Waals surface area contributed by atoms with Crippen molar-refractivity contribution in [2.45, 2.75) is 76.3 Å². The number of amides is 4. The third-order valence-corrected chi connectivity index (χ3v) is 9.21. The highest BCUT2D eigenvalue weighted by Crippen LogP contribution is 2.32. The van der Waals surface area contributed by atoms with E-state index in [9.17, 15) is 19.2 Å². The first kappa shape index (κ1) is 35.7. The maximum absolute atomic E-state index is 15.2. The molecule has 2 aliphatic rings. The molecule has 13 heteroatoms. The minimum Gasteiger partial charge on any atom is -0.481 e. The Balaban J connectivity index is 1.48. The lowest BCUT2D eigenvalue weighted by Crippen LogP contribution is -2.55. The van der Waals surface area contributed by atoms with Crippen molar-refractivity contribution >= 4 is 29.3 Å². The molecule has 0 radical (unpaired) electrons. The number of ether oxygens (including phenoxy) is 1. The lowest BCUT2D eigenvalue weighted by molar-refractivity contribution is -0.149. The standard InChI is InChI=1S/C34H46F2N6O5/c1-5-27(43)39-29(32(45)42-19-17-41(3)18-20-42)22(2)23-11-14-26(15-12-23)38-31(44)30(24-9-7-6-8-10-24)40-33(46)34(35,36)25-13-16-28(47-4)37-21-25/h11-16,21-22,24,29-30H,5-10,17-20H2,1-4H3,(H,38,44)(H,39,43)(H,40,46). The zero-order valence-corrected chi connectivity index (χ0v) is 27.6. The second kappa shape index (κ2) is 16.1. The van der Waals surface area contributed by atoms with E-state index in [1.54, 1.807) is 36.1 Å². The number of halogens is 2. The molecule has 2 aromatic rings. The number of likely N-dealkylation sites (N-methyl/N-ethyl adjacent to an activating group) is 1. The first-order chi connectivity index (χ1) is 22.4. The molecule has 11 nitrogen and oxygen atoms in total. The van der Waals surface area contributed by atoms with Gasteiger partial charge in [-0.1, -0.05) is 45.2 Å². The number of benzene rings is 1. The number of piperazine rings is 1. The maximum Gasteiger partial charge on any atom is 0.351 e. The number of nitrogens with one attached hydrogen (secondary N) is 3. The molecule has 0 spiro atoms. The van der Waals surface area contributed by atoms with E-state index >= 15 is 8.78 Å². The van der Waals surface area contributed by atoms with Crippen molar-refractivity contribution < 1.29 is 32.7 Å². The summed E-state index contributed by atoms with van der Waals surface area (Å²) in [5, 5.41) is 8.03. The molecular formula is C34H46F2N6O5. The Hall–Kier alpha value is -4.13. The van der Waals surface area contributed by atoms with Crippen LogP contribution in [0.15, 0.2) is 42.6 Å². The van der Waals surface area contributed by atoms with Gasteiger partial charge in [0.2, 0.25) is 23.6 Å². The quantitative estimate of drug-likeness (QED) is 0.318. The van der Waals surface area contributed by atoms with Crippen LogP contribution in [0.4, 0.5) is 14.5 Å². The highest BCUT2D eigenvalue weighted by molar-refractivity contribution is 5.98. The van der Waals surface area contributed by atoms with E-state index in [2.05, 4.69) is 25.8 Å². The Labute approximate surface area is 274 Å². The number of hydrogen-bond acceptors (Lipinski definition) is 7. The van der Waals surface area contributed by atoms with Gasteiger partial charge in [-0.3, -0.25) is 19.2 Å². The van der Waals surface area contributed by atoms with E-state index in [0.717, 1.165) is 50.2 Å². The summed E-state index contributed by atoms with van der Waals surface area (Å²) in [5.74, 6) is -7.00. The SMILES string of the molecule is CCC(=O)NC(C(=O)N1CCN(C)CC1)C(C)c1ccc(NC(=O)C(NC(=O)C(F)(F)c2ccc(OC)nc2)C2CCCCC2)cc1. The van der Waals surface area contributed by atoms with Crippen LogP contribution in [0.2, 0.25) is 0 Å². The molecule has 4 amide bonds. The average molecular weight is 657 g/mol. The van der Waals surface area contributed by atoms with E-state index in [1.807, 2.05) is 14.0 Å². The molecule has 47 heavy (non-hydrogen) atoms. The van der Waals surface area contributed by atoms with Gasteiger partial charge >= 0.3 is 5.92 Å². The van der Waals surface area contributed by atoms with E-state index in [1.165, 1.54) is 13.2 Å². The van der Waals surface area contributed by atoms with Gasteiger partial charge in [-0.25, -0.2) is 4.98 Å². The van der Waals surface area contributed by atoms with E-state index < -0.39 is 35.4 Å². The van der Waals surface area contributed by atoms with Crippen LogP contribution in [0.5, 0.6) is 5.88 Å². The number of nitrogens with zero attached hydrogens (tertiary/aromatic N) is 3. The molecular weight excluding hydrogens is 610 g/mol. The normalized spacial score (nSPS) is 18.0. The molecule has 1 aromatic carbocycles. The van der Waals surface area contributed by atoms with Crippen LogP contribution in [-0.2, 0) is 25.1 Å². The molecule has 2 fully saturated rings. The fraction of sp³-hybridized carbons (Fsp3) is 0.559. The number of pyridine rings is 1. The number of alkyl halides is 2. The molecule has 3 N–H and O–H groups in total. The summed E-state index contributed by atoms with van der Waals surface area (Å²) in [7, 11) is 3.36. The van der Waals surface area contributed by atoms with Crippen molar-refractivity contribution in [3.8, 4) is 5.88 Å². The van der Waals surface area contributed by atoms with E-state index in [-0.39, 0.29) is 36.0 Å². The lowest BCUT2D eigenvalue weighted by atomic mass is 9.83. The third-order valence-electron chi connectivity index (χ3n) is 9.21. The molecule has 1 aliphatic carbocycles. The van der Waals surface area contributed by atoms with Crippen LogP contribution in [0.25, 0.3) is 0 Å². The van der Waals surface area contributed by atoms with Gasteiger partial charge in [-0.15, -0.1) is 0 Å². The van der Waals surface area contributed by atoms with Crippen LogP contribution < -0.4 is 20.7 Å². The number of carbonyl (C=O) groups excluding carboxylic acids is 4. The summed E-state index contributed by atoms with van der Waals surface area (Å²) in [6, 6.07) is 7.24. The molecule has 3 atom stereocenters. The number of hydrogen-bond donors (Lipinski definition) is 3. The van der Waals surface area contributed by atoms with E-state index in [4.69, 9.17) is 4.74 Å². The Kier molecular flexibility index (Phi) is 12.3. The molecule has 1 aromatic heterocycles. The molecule has 0 bridgehead atoms. The topological polar surface area (TPSA) is 133 Å². The summed E-state index contributed by atoms with van der Waals surface area (Å²) >= 11 is 0. The smallest absolute Gasteiger partial charge is 0.351 e. The largest absolute Gasteiger partial charge is 0.481 e. The van der Waals surface area contributed by atoms with Crippen molar-refractivity contribution in [3.05, 3.63) is 53.7 Å². The predicted molar refractivity (Wildman–Crippen MR) is 173 cm³/mol. The summed E-state index contributed by atoms with van der Waals surface area (Å²) in [6.45, 7) is 6.26. The molecule has 3 unspecified atom stereocenters. The van der Waals surface area contributed by atoms with Gasteiger partial charge in [0.05, 0.1) is 7.11 Å². The first-order valence-electron chi connectivity index (χ1n) is 16.3. The Morgan fingerprint density at radius 3 is 2.21 bits per heavy atom. The minimum atomic E-state index is -3.92. The van der Waals surface area contributed by atoms with Crippen LogP contribution in [0.3, 0.4) is 0 Å². The summed E-state index contributed by atoms with van der Waals surface area (Å²) < 4.78 is 35.3. The average Bonchev–Trinajstić information content (AvgIpc) is 3.09. The Morgan fingerprint density at radius 2 is 1.64 bits per heavy atom. The fourth-order valence-corrected chi connectivity index (χ4v) is 6.10. The number of aromatic nitrogens is 1. The summed E-state index contributed by atoms with van der Waals surface area (Å²) in [6.07, 6.45) is 5.01. The van der Waals surface area contributed by atoms with E-state index in [0.29, 0.717) is 31.6 Å². The Morgan fingerprint density at radius 1 is 0.979 bits per heavy atom. The highest BCUT2D eigenvalue weighted by Gasteiger charge is 2.44. The fourth-order valence-electron chi connectivity index (χ4n) is 6.10. The number of anilines is 1. The van der Waals surface area contributed by atoms with Crippen molar-refractivity contribution in [2.24, 2.45) is 5.92 Å². The molecule has 2 heterocycles. The first-order valence-corrected chi connectivity index (χ1v) is 16.3. The van der Waals surface area contributed by atoms with Gasteiger partial charge in [0.1, 0.15) is 12.1 Å². The van der Waals surface area contributed by atoms with Crippen LogP contribution in [0, 0.1) is 5.92 Å². The minimum absolute atomic E-state index is 0.132. The molecule has 256 valence electrons. The summed E-state index contributed by atoms with van der Waals surface area (Å²) in [5.41, 5.74) is 0.575. The second-order valence-corrected chi connectivity index (χ2v) is 12.4. The third kappa shape index (κ3) is 9.03. The van der Waals surface area contributed by atoms with Crippen molar-refractivity contribution in [1.29, 1.82) is 0 Å². The van der Waals surface area contributed by atoms with Crippen molar-refractivity contribution in [1.82, 2.24) is 25.4 Å². The van der Waals surface area contributed by atoms with Gasteiger partial charge in [-0.2, -0.15) is 8.78 Å². The maximum atomic E-state index is 15.2. The van der Waals surface area contributed by atoms with Gasteiger partial charge in [0, 0.05) is 62.0 Å². The van der Waals surface area contributed by atoms with Crippen molar-refractivity contribution in [3.63, 3.8) is 0 Å². The van der Waals surface area contributed by atoms with Gasteiger partial charge in [0.15, 0.2) is 0 Å². The second-order valence-electron chi connectivity index (χ2n) is 12.4. The summed E-state index contributed by atoms with van der Waals surface area (Å²) in [4.78, 5) is 60.1. The van der Waals surface area contributed by atoms with Gasteiger partial charge in [-0.05, 0) is 49.6 Å². The van der Waals surface area contributed by atoms with Crippen molar-refractivity contribution in [2.75, 3.05) is 45.7 Å². The lowest BCUT2D eigenvalue weighted by Gasteiger charge is -2.36. The monoisotopic (exact) mass is 656 g/mol. The Bertz CT molecular complexity index is 1380. The van der Waals surface area contributed by atoms with Crippen LogP contribution >= 0.6 is 0 Å². The molecule has 1 saturated heterocycles. The number of rotatable bonds is 12. The van der Waals surface area contributed by atoms with Gasteiger partial charge < -0.3 is 30.5 Å². The predicted octanol–water partition coefficient (Wildman–Crippen LogP) is 3.66. The molecule has 1 aliphatic heterocycles. The van der Waals surface area contributed by atoms with Gasteiger partial charge in [0.25, 0.3) is 5.91 Å². The number of carbonyl (C=O) groups is 4. The van der Waals surface area contributed by atoms with Crippen LogP contribution in [-0.4, -0.2) is 90.8 Å². The zero-order chi connectivity index (χ0) is 34.1. The molecule has 1 saturated carbocycles. The zero-order valence-electron chi connectivity index (χ0n) is 27.6.